The van der Waals surface area contributed by atoms with Crippen LogP contribution in [0.25, 0.3) is 0 Å². The maximum absolute atomic E-state index is 13.6. The third kappa shape index (κ3) is 5.66. The lowest BCUT2D eigenvalue weighted by atomic mass is 10.0. The number of ether oxygens (including phenoxy) is 1. The normalized spacial score (nSPS) is 11.5. The highest BCUT2D eigenvalue weighted by molar-refractivity contribution is 5.98. The van der Waals surface area contributed by atoms with Crippen molar-refractivity contribution in [3.63, 3.8) is 0 Å². The van der Waals surface area contributed by atoms with E-state index in [2.05, 4.69) is 10.6 Å². The molecular weight excluding hydrogens is 402 g/mol. The molecule has 3 aromatic rings. The lowest BCUT2D eigenvalue weighted by molar-refractivity contribution is -0.122. The van der Waals surface area contributed by atoms with E-state index in [-0.39, 0.29) is 11.1 Å². The molecule has 5 nitrogen and oxygen atoms in total. The molecule has 0 aromatic heterocycles. The first kappa shape index (κ1) is 22.0. The van der Waals surface area contributed by atoms with E-state index in [4.69, 9.17) is 4.74 Å². The Balaban J connectivity index is 1.75. The van der Waals surface area contributed by atoms with E-state index in [1.807, 2.05) is 31.2 Å². The highest BCUT2D eigenvalue weighted by Gasteiger charge is 2.23. The summed E-state index contributed by atoms with van der Waals surface area (Å²) in [4.78, 5) is 25.0. The Kier molecular flexibility index (Phi) is 6.97. The summed E-state index contributed by atoms with van der Waals surface area (Å²) in [5, 5.41) is 4.97. The zero-order valence-corrected chi connectivity index (χ0v) is 17.1. The number of likely N-dealkylation sites (N-methyl/N-ethyl adjacent to an activating group) is 1. The van der Waals surface area contributed by atoms with Gasteiger partial charge in [-0.25, -0.2) is 8.78 Å². The quantitative estimate of drug-likeness (QED) is 0.601. The van der Waals surface area contributed by atoms with Crippen molar-refractivity contribution in [2.45, 2.75) is 19.6 Å². The van der Waals surface area contributed by atoms with Crippen LogP contribution in [-0.4, -0.2) is 18.9 Å². The number of hydrogen-bond acceptors (Lipinski definition) is 3. The topological polar surface area (TPSA) is 67.4 Å². The average Bonchev–Trinajstić information content (AvgIpc) is 2.77. The van der Waals surface area contributed by atoms with Crippen molar-refractivity contribution in [3.05, 3.63) is 101 Å². The van der Waals surface area contributed by atoms with Crippen LogP contribution in [0.1, 0.15) is 33.1 Å². The molecule has 0 radical (unpaired) electrons. The molecule has 1 unspecified atom stereocenters. The molecule has 0 saturated carbocycles. The summed E-state index contributed by atoms with van der Waals surface area (Å²) >= 11 is 0. The Bertz CT molecular complexity index is 1100. The minimum atomic E-state index is -1.19. The predicted octanol–water partition coefficient (Wildman–Crippen LogP) is 4.07. The van der Waals surface area contributed by atoms with E-state index in [0.717, 1.165) is 23.3 Å². The van der Waals surface area contributed by atoms with Crippen molar-refractivity contribution >= 4 is 11.8 Å². The fourth-order valence-corrected chi connectivity index (χ4v) is 3.05. The minimum absolute atomic E-state index is 0.124. The first-order chi connectivity index (χ1) is 14.9. The molecule has 0 aliphatic rings. The fraction of sp³-hybridized carbons (Fsp3) is 0.167. The maximum Gasteiger partial charge on any atom is 0.252 e. The van der Waals surface area contributed by atoms with E-state index in [1.54, 1.807) is 24.3 Å². The summed E-state index contributed by atoms with van der Waals surface area (Å²) in [6, 6.07) is 16.2. The molecule has 1 atom stereocenters. The van der Waals surface area contributed by atoms with Gasteiger partial charge in [0.1, 0.15) is 18.4 Å². The summed E-state index contributed by atoms with van der Waals surface area (Å²) in [7, 11) is 1.39. The zero-order chi connectivity index (χ0) is 22.4. The van der Waals surface area contributed by atoms with Gasteiger partial charge in [-0.1, -0.05) is 42.0 Å². The molecule has 0 aliphatic carbocycles. The van der Waals surface area contributed by atoms with Crippen LogP contribution in [0.3, 0.4) is 0 Å². The van der Waals surface area contributed by atoms with Crippen LogP contribution in [0.5, 0.6) is 5.75 Å². The zero-order valence-electron chi connectivity index (χ0n) is 17.1. The molecule has 31 heavy (non-hydrogen) atoms. The van der Waals surface area contributed by atoms with E-state index in [1.165, 1.54) is 13.1 Å². The molecule has 2 N–H and O–H groups in total. The highest BCUT2D eigenvalue weighted by Crippen LogP contribution is 2.20. The standard InChI is InChI=1S/C24H22F2N2O3/c1-15-5-3-6-16(11-15)14-31-19-8-4-7-18(12-19)23(29)28-22(24(30)27-2)17-9-10-20(25)21(26)13-17/h3-13,22H,14H2,1-2H3,(H,27,30)(H,28,29). The number of rotatable bonds is 7. The van der Waals surface area contributed by atoms with Gasteiger partial charge in [0.05, 0.1) is 0 Å². The first-order valence-corrected chi connectivity index (χ1v) is 9.63. The Hall–Kier alpha value is -3.74. The number of hydrogen-bond donors (Lipinski definition) is 2. The predicted molar refractivity (Wildman–Crippen MR) is 113 cm³/mol. The highest BCUT2D eigenvalue weighted by atomic mass is 19.2. The van der Waals surface area contributed by atoms with Crippen molar-refractivity contribution in [1.82, 2.24) is 10.6 Å². The molecule has 3 rings (SSSR count). The van der Waals surface area contributed by atoms with Crippen LogP contribution in [-0.2, 0) is 11.4 Å². The second-order valence-corrected chi connectivity index (χ2v) is 7.00. The van der Waals surface area contributed by atoms with Crippen LogP contribution in [0.15, 0.2) is 66.7 Å². The second-order valence-electron chi connectivity index (χ2n) is 7.00. The summed E-state index contributed by atoms with van der Waals surface area (Å²) in [5.74, 6) is -2.78. The van der Waals surface area contributed by atoms with E-state index in [0.29, 0.717) is 12.4 Å². The maximum atomic E-state index is 13.6. The summed E-state index contributed by atoms with van der Waals surface area (Å²) in [6.07, 6.45) is 0. The average molecular weight is 424 g/mol. The van der Waals surface area contributed by atoms with Gasteiger partial charge in [-0.05, 0) is 48.4 Å². The van der Waals surface area contributed by atoms with Crippen molar-refractivity contribution in [2.75, 3.05) is 7.05 Å². The van der Waals surface area contributed by atoms with Crippen LogP contribution < -0.4 is 15.4 Å². The number of carbonyl (C=O) groups is 2. The first-order valence-electron chi connectivity index (χ1n) is 9.63. The second kappa shape index (κ2) is 9.84. The molecule has 7 heteroatoms. The molecule has 0 spiro atoms. The monoisotopic (exact) mass is 424 g/mol. The molecule has 0 saturated heterocycles. The fourth-order valence-electron chi connectivity index (χ4n) is 3.05. The number of halogens is 2. The van der Waals surface area contributed by atoms with Crippen LogP contribution in [0, 0.1) is 18.6 Å². The molecule has 3 aromatic carbocycles. The smallest absolute Gasteiger partial charge is 0.252 e. The third-order valence-corrected chi connectivity index (χ3v) is 4.65. The van der Waals surface area contributed by atoms with Crippen LogP contribution in [0.4, 0.5) is 8.78 Å². The molecular formula is C24H22F2N2O3. The Morgan fingerprint density at radius 1 is 0.968 bits per heavy atom. The van der Waals surface area contributed by atoms with Gasteiger partial charge >= 0.3 is 0 Å². The van der Waals surface area contributed by atoms with Gasteiger partial charge in [-0.2, -0.15) is 0 Å². The van der Waals surface area contributed by atoms with E-state index in [9.17, 15) is 18.4 Å². The van der Waals surface area contributed by atoms with Gasteiger partial charge in [0.25, 0.3) is 5.91 Å². The van der Waals surface area contributed by atoms with Gasteiger partial charge in [0.2, 0.25) is 5.91 Å². The molecule has 0 fully saturated rings. The van der Waals surface area contributed by atoms with Crippen molar-refractivity contribution < 1.29 is 23.1 Å². The number of carbonyl (C=O) groups excluding carboxylic acids is 2. The molecule has 0 aliphatic heterocycles. The number of nitrogens with one attached hydrogen (secondary N) is 2. The van der Waals surface area contributed by atoms with Gasteiger partial charge in [0.15, 0.2) is 11.6 Å². The van der Waals surface area contributed by atoms with Crippen LogP contribution >= 0.6 is 0 Å². The summed E-state index contributed by atoms with van der Waals surface area (Å²) in [5.41, 5.74) is 2.50. The van der Waals surface area contributed by atoms with Crippen molar-refractivity contribution in [3.8, 4) is 5.75 Å². The Morgan fingerprint density at radius 2 is 1.74 bits per heavy atom. The van der Waals surface area contributed by atoms with Crippen LogP contribution in [0.2, 0.25) is 0 Å². The SMILES string of the molecule is CNC(=O)C(NC(=O)c1cccc(OCc2cccc(C)c2)c1)c1ccc(F)c(F)c1. The molecule has 0 heterocycles. The van der Waals surface area contributed by atoms with Gasteiger partial charge in [-0.15, -0.1) is 0 Å². The number of aryl methyl sites for hydroxylation is 1. The molecule has 0 bridgehead atoms. The molecule has 160 valence electrons. The summed E-state index contributed by atoms with van der Waals surface area (Å²) < 4.78 is 32.7. The Morgan fingerprint density at radius 3 is 2.45 bits per heavy atom. The molecule has 2 amide bonds. The number of benzene rings is 3. The Labute approximate surface area is 179 Å². The largest absolute Gasteiger partial charge is 0.489 e. The minimum Gasteiger partial charge on any atom is -0.489 e. The third-order valence-electron chi connectivity index (χ3n) is 4.65. The van der Waals surface area contributed by atoms with Crippen molar-refractivity contribution in [1.29, 1.82) is 0 Å². The lowest BCUT2D eigenvalue weighted by Crippen LogP contribution is -2.39. The van der Waals surface area contributed by atoms with Crippen molar-refractivity contribution in [2.24, 2.45) is 0 Å². The number of amides is 2. The van der Waals surface area contributed by atoms with E-state index >= 15 is 0 Å². The van der Waals surface area contributed by atoms with Gasteiger partial charge in [0, 0.05) is 12.6 Å². The summed E-state index contributed by atoms with van der Waals surface area (Å²) in [6.45, 7) is 2.33. The lowest BCUT2D eigenvalue weighted by Gasteiger charge is -2.18. The van der Waals surface area contributed by atoms with Gasteiger partial charge in [-0.3, -0.25) is 9.59 Å². The van der Waals surface area contributed by atoms with Gasteiger partial charge < -0.3 is 15.4 Å². The van der Waals surface area contributed by atoms with E-state index < -0.39 is 29.5 Å².